The minimum absolute atomic E-state index is 0.179. The van der Waals surface area contributed by atoms with E-state index in [1.54, 1.807) is 6.92 Å². The maximum Gasteiger partial charge on any atom is 0.306 e. The standard InChI is InChI=1S/C7H5N3OS/c1-5-2-9-6(3-8-5)7(11)10-4-12/h2-3H,1H3. The highest BCUT2D eigenvalue weighted by Gasteiger charge is 2.03. The van der Waals surface area contributed by atoms with Crippen LogP contribution < -0.4 is 0 Å². The second-order valence-corrected chi connectivity index (χ2v) is 2.23. The first-order chi connectivity index (χ1) is 5.74. The summed E-state index contributed by atoms with van der Waals surface area (Å²) in [4.78, 5) is 21.9. The number of aliphatic imine (C=N–C) groups is 1. The molecule has 1 heterocycles. The van der Waals surface area contributed by atoms with Gasteiger partial charge in [0.05, 0.1) is 17.1 Å². The summed E-state index contributed by atoms with van der Waals surface area (Å²) in [5, 5.41) is 1.97. The van der Waals surface area contributed by atoms with Crippen LogP contribution in [0.25, 0.3) is 0 Å². The molecule has 1 aromatic heterocycles. The van der Waals surface area contributed by atoms with Crippen LogP contribution in [-0.4, -0.2) is 21.0 Å². The van der Waals surface area contributed by atoms with Crippen LogP contribution in [0, 0.1) is 6.92 Å². The maximum atomic E-state index is 11.0. The summed E-state index contributed by atoms with van der Waals surface area (Å²) in [6.45, 7) is 1.78. The Morgan fingerprint density at radius 3 is 2.83 bits per heavy atom. The summed E-state index contributed by atoms with van der Waals surface area (Å²) in [6, 6.07) is 0. The van der Waals surface area contributed by atoms with E-state index in [9.17, 15) is 4.79 Å². The number of aryl methyl sites for hydroxylation is 1. The highest BCUT2D eigenvalue weighted by atomic mass is 32.1. The molecule has 60 valence electrons. The van der Waals surface area contributed by atoms with Crippen LogP contribution >= 0.6 is 12.2 Å². The van der Waals surface area contributed by atoms with Gasteiger partial charge in [-0.05, 0) is 19.1 Å². The zero-order valence-corrected chi connectivity index (χ0v) is 7.13. The number of hydrogen-bond donors (Lipinski definition) is 0. The van der Waals surface area contributed by atoms with Crippen LogP contribution in [0.5, 0.6) is 0 Å². The molecule has 0 atom stereocenters. The summed E-state index contributed by atoms with van der Waals surface area (Å²) in [7, 11) is 0. The Hall–Kier alpha value is -1.45. The van der Waals surface area contributed by atoms with E-state index in [1.165, 1.54) is 12.4 Å². The topological polar surface area (TPSA) is 55.2 Å². The van der Waals surface area contributed by atoms with Gasteiger partial charge in [0.2, 0.25) is 0 Å². The molecular formula is C7H5N3OS. The number of amides is 1. The van der Waals surface area contributed by atoms with Crippen LogP contribution in [-0.2, 0) is 0 Å². The molecule has 0 unspecified atom stereocenters. The fraction of sp³-hybridized carbons (Fsp3) is 0.143. The molecule has 1 rings (SSSR count). The molecule has 0 radical (unpaired) electrons. The van der Waals surface area contributed by atoms with Gasteiger partial charge in [-0.2, -0.15) is 4.99 Å². The number of aromatic nitrogens is 2. The summed E-state index contributed by atoms with van der Waals surface area (Å²) >= 11 is 4.27. The van der Waals surface area contributed by atoms with E-state index in [2.05, 4.69) is 27.2 Å². The van der Waals surface area contributed by atoms with Crippen molar-refractivity contribution in [1.29, 1.82) is 0 Å². The zero-order chi connectivity index (χ0) is 8.97. The Labute approximate surface area is 74.4 Å². The Kier molecular flexibility index (Phi) is 2.74. The SMILES string of the molecule is Cc1cnc(C(=O)N=C=S)cn1. The van der Waals surface area contributed by atoms with Crippen LogP contribution in [0.2, 0.25) is 0 Å². The van der Waals surface area contributed by atoms with Gasteiger partial charge in [-0.15, -0.1) is 0 Å². The summed E-state index contributed by atoms with van der Waals surface area (Å²) in [5.74, 6) is -0.516. The summed E-state index contributed by atoms with van der Waals surface area (Å²) in [6.07, 6.45) is 2.85. The molecule has 0 spiro atoms. The smallest absolute Gasteiger partial charge is 0.264 e. The van der Waals surface area contributed by atoms with Gasteiger partial charge < -0.3 is 0 Å². The van der Waals surface area contributed by atoms with E-state index in [1.807, 2.05) is 5.16 Å². The van der Waals surface area contributed by atoms with Gasteiger partial charge in [0, 0.05) is 6.20 Å². The number of isothiocyanates is 1. The van der Waals surface area contributed by atoms with Gasteiger partial charge in [0.1, 0.15) is 5.69 Å². The molecule has 0 aromatic carbocycles. The number of carbonyl (C=O) groups is 1. The Balaban J connectivity index is 2.97. The molecule has 1 aromatic rings. The third-order valence-corrected chi connectivity index (χ3v) is 1.24. The van der Waals surface area contributed by atoms with Crippen LogP contribution in [0.3, 0.4) is 0 Å². The van der Waals surface area contributed by atoms with Gasteiger partial charge in [-0.1, -0.05) is 0 Å². The molecule has 0 aliphatic carbocycles. The predicted molar refractivity (Wildman–Crippen MR) is 46.1 cm³/mol. The quantitative estimate of drug-likeness (QED) is 0.477. The first-order valence-electron chi connectivity index (χ1n) is 3.15. The van der Waals surface area contributed by atoms with Gasteiger partial charge >= 0.3 is 5.91 Å². The highest BCUT2D eigenvalue weighted by Crippen LogP contribution is 1.95. The number of carbonyl (C=O) groups excluding carboxylic acids is 1. The lowest BCUT2D eigenvalue weighted by molar-refractivity contribution is 0.0998. The maximum absolute atomic E-state index is 11.0. The third kappa shape index (κ3) is 2.02. The average molecular weight is 179 g/mol. The number of nitrogens with zero attached hydrogens (tertiary/aromatic N) is 3. The average Bonchev–Trinajstić information content (AvgIpc) is 2.06. The molecule has 0 bridgehead atoms. The zero-order valence-electron chi connectivity index (χ0n) is 6.31. The van der Waals surface area contributed by atoms with Crippen LogP contribution in [0.1, 0.15) is 16.2 Å². The molecule has 0 aliphatic heterocycles. The molecular weight excluding hydrogens is 174 g/mol. The van der Waals surface area contributed by atoms with Crippen molar-refractivity contribution in [2.45, 2.75) is 6.92 Å². The lowest BCUT2D eigenvalue weighted by Crippen LogP contribution is -1.99. The summed E-state index contributed by atoms with van der Waals surface area (Å²) in [5.41, 5.74) is 0.927. The van der Waals surface area contributed by atoms with Crippen molar-refractivity contribution in [3.05, 3.63) is 23.8 Å². The minimum atomic E-state index is -0.516. The fourth-order valence-corrected chi connectivity index (χ4v) is 0.685. The molecule has 5 heteroatoms. The van der Waals surface area contributed by atoms with Crippen LogP contribution in [0.15, 0.2) is 17.4 Å². The van der Waals surface area contributed by atoms with Gasteiger partial charge in [0.15, 0.2) is 0 Å². The van der Waals surface area contributed by atoms with Crippen molar-refractivity contribution in [2.24, 2.45) is 4.99 Å². The predicted octanol–water partition coefficient (Wildman–Crippen LogP) is 1.03. The Bertz CT molecular complexity index is 340. The largest absolute Gasteiger partial charge is 0.306 e. The van der Waals surface area contributed by atoms with Crippen molar-refractivity contribution in [1.82, 2.24) is 9.97 Å². The Morgan fingerprint density at radius 1 is 1.58 bits per heavy atom. The van der Waals surface area contributed by atoms with E-state index in [4.69, 9.17) is 0 Å². The third-order valence-electron chi connectivity index (χ3n) is 1.15. The lowest BCUT2D eigenvalue weighted by atomic mass is 10.4. The molecule has 0 aliphatic rings. The second kappa shape index (κ2) is 3.80. The molecule has 0 saturated heterocycles. The van der Waals surface area contributed by atoms with Crippen molar-refractivity contribution in [2.75, 3.05) is 0 Å². The van der Waals surface area contributed by atoms with Crippen molar-refractivity contribution in [3.63, 3.8) is 0 Å². The second-order valence-electron chi connectivity index (χ2n) is 2.05. The van der Waals surface area contributed by atoms with E-state index in [-0.39, 0.29) is 5.69 Å². The number of rotatable bonds is 1. The first kappa shape index (κ1) is 8.64. The van der Waals surface area contributed by atoms with E-state index >= 15 is 0 Å². The molecule has 0 N–H and O–H groups in total. The van der Waals surface area contributed by atoms with Gasteiger partial charge in [-0.25, -0.2) is 4.98 Å². The molecule has 1 amide bonds. The van der Waals surface area contributed by atoms with Gasteiger partial charge in [-0.3, -0.25) is 9.78 Å². The monoisotopic (exact) mass is 179 g/mol. The highest BCUT2D eigenvalue weighted by molar-refractivity contribution is 7.78. The van der Waals surface area contributed by atoms with Crippen molar-refractivity contribution < 1.29 is 4.79 Å². The first-order valence-corrected chi connectivity index (χ1v) is 3.55. The normalized spacial score (nSPS) is 8.75. The molecule has 0 saturated carbocycles. The fourth-order valence-electron chi connectivity index (χ4n) is 0.602. The molecule has 0 fully saturated rings. The van der Waals surface area contributed by atoms with E-state index in [0.717, 1.165) is 5.69 Å². The minimum Gasteiger partial charge on any atom is -0.264 e. The number of hydrogen-bond acceptors (Lipinski definition) is 4. The van der Waals surface area contributed by atoms with Crippen LogP contribution in [0.4, 0.5) is 0 Å². The van der Waals surface area contributed by atoms with Crippen molar-refractivity contribution >= 4 is 23.3 Å². The Morgan fingerprint density at radius 2 is 2.33 bits per heavy atom. The van der Waals surface area contributed by atoms with Crippen molar-refractivity contribution in [3.8, 4) is 0 Å². The summed E-state index contributed by atoms with van der Waals surface area (Å²) < 4.78 is 0. The lowest BCUT2D eigenvalue weighted by Gasteiger charge is -1.92. The number of thiocarbonyl (C=S) groups is 1. The molecule has 12 heavy (non-hydrogen) atoms. The van der Waals surface area contributed by atoms with Gasteiger partial charge in [0.25, 0.3) is 0 Å². The van der Waals surface area contributed by atoms with E-state index < -0.39 is 5.91 Å². The van der Waals surface area contributed by atoms with E-state index in [0.29, 0.717) is 0 Å². The molecule has 4 nitrogen and oxygen atoms in total.